The van der Waals surface area contributed by atoms with Crippen molar-refractivity contribution < 1.29 is 28.8 Å². The van der Waals surface area contributed by atoms with Crippen LogP contribution in [0.5, 0.6) is 5.88 Å². The van der Waals surface area contributed by atoms with Crippen LogP contribution in [0, 0.1) is 6.92 Å². The summed E-state index contributed by atoms with van der Waals surface area (Å²) in [6.45, 7) is 4.24. The molecule has 0 atom stereocenters. The van der Waals surface area contributed by atoms with Gasteiger partial charge in [-0.15, -0.1) is 0 Å². The fourth-order valence-corrected chi connectivity index (χ4v) is 1.71. The van der Waals surface area contributed by atoms with Crippen molar-refractivity contribution in [3.05, 3.63) is 11.3 Å². The molecule has 0 radical (unpaired) electrons. The van der Waals surface area contributed by atoms with E-state index in [4.69, 9.17) is 24.1 Å². The van der Waals surface area contributed by atoms with Gasteiger partial charge in [-0.1, -0.05) is 0 Å². The second kappa shape index (κ2) is 9.32. The van der Waals surface area contributed by atoms with Crippen LogP contribution < -0.4 is 4.74 Å². The Morgan fingerprint density at radius 1 is 1.14 bits per heavy atom. The number of nitrogens with zero attached hydrogens (tertiary/aromatic N) is 2. The third-order valence-corrected chi connectivity index (χ3v) is 2.65. The lowest BCUT2D eigenvalue weighted by Crippen LogP contribution is -2.14. The van der Waals surface area contributed by atoms with Gasteiger partial charge in [0.25, 0.3) is 0 Å². The van der Waals surface area contributed by atoms with Crippen LogP contribution >= 0.6 is 0 Å². The Morgan fingerprint density at radius 2 is 1.71 bits per heavy atom. The number of ether oxygens (including phenoxy) is 4. The molecule has 1 aromatic rings. The number of hydrogen-bond acceptors (Lipinski definition) is 6. The molecule has 21 heavy (non-hydrogen) atoms. The number of aromatic nitrogens is 2. The summed E-state index contributed by atoms with van der Waals surface area (Å²) in [4.78, 5) is 11.1. The van der Waals surface area contributed by atoms with Crippen molar-refractivity contribution in [2.75, 3.05) is 46.8 Å². The van der Waals surface area contributed by atoms with E-state index in [1.54, 1.807) is 21.1 Å². The van der Waals surface area contributed by atoms with Crippen LogP contribution in [0.25, 0.3) is 0 Å². The number of carboxylic acid groups (broad SMARTS) is 1. The highest BCUT2D eigenvalue weighted by molar-refractivity contribution is 5.91. The van der Waals surface area contributed by atoms with Crippen molar-refractivity contribution >= 4 is 5.97 Å². The largest absolute Gasteiger partial charge is 0.477 e. The first kappa shape index (κ1) is 17.4. The van der Waals surface area contributed by atoms with E-state index < -0.39 is 5.97 Å². The molecule has 0 bridgehead atoms. The average molecular weight is 302 g/mol. The summed E-state index contributed by atoms with van der Waals surface area (Å²) in [5, 5.41) is 13.1. The van der Waals surface area contributed by atoms with Crippen LogP contribution in [0.15, 0.2) is 0 Å². The van der Waals surface area contributed by atoms with Gasteiger partial charge in [-0.25, -0.2) is 9.48 Å². The Kier molecular flexibility index (Phi) is 7.73. The highest BCUT2D eigenvalue weighted by Gasteiger charge is 2.20. The lowest BCUT2D eigenvalue weighted by atomic mass is 10.2. The zero-order chi connectivity index (χ0) is 15.7. The van der Waals surface area contributed by atoms with Crippen LogP contribution in [0.3, 0.4) is 0 Å². The smallest absolute Gasteiger partial charge is 0.343 e. The summed E-state index contributed by atoms with van der Waals surface area (Å²) < 4.78 is 22.2. The molecule has 0 saturated carbocycles. The van der Waals surface area contributed by atoms with E-state index >= 15 is 0 Å². The maximum absolute atomic E-state index is 11.1. The van der Waals surface area contributed by atoms with Crippen molar-refractivity contribution in [2.24, 2.45) is 7.05 Å². The molecule has 1 N–H and O–H groups in total. The van der Waals surface area contributed by atoms with Gasteiger partial charge >= 0.3 is 5.97 Å². The maximum Gasteiger partial charge on any atom is 0.343 e. The van der Waals surface area contributed by atoms with E-state index in [0.717, 1.165) is 0 Å². The Bertz CT molecular complexity index is 446. The summed E-state index contributed by atoms with van der Waals surface area (Å²) in [5.41, 5.74) is 0.507. The van der Waals surface area contributed by atoms with E-state index in [2.05, 4.69) is 5.10 Å². The van der Waals surface area contributed by atoms with Crippen molar-refractivity contribution in [3.63, 3.8) is 0 Å². The van der Waals surface area contributed by atoms with Crippen molar-refractivity contribution in [2.45, 2.75) is 6.92 Å². The van der Waals surface area contributed by atoms with Crippen LogP contribution in [0.2, 0.25) is 0 Å². The number of carbonyl (C=O) groups is 1. The third kappa shape index (κ3) is 5.70. The molecular weight excluding hydrogens is 280 g/mol. The maximum atomic E-state index is 11.1. The topological polar surface area (TPSA) is 92.0 Å². The molecule has 1 rings (SSSR count). The summed E-state index contributed by atoms with van der Waals surface area (Å²) in [7, 11) is 3.25. The second-order valence-corrected chi connectivity index (χ2v) is 4.26. The molecule has 0 unspecified atom stereocenters. The molecule has 0 aliphatic rings. The van der Waals surface area contributed by atoms with Crippen LogP contribution in [-0.2, 0) is 21.3 Å². The molecular formula is C13H22N2O6. The van der Waals surface area contributed by atoms with Crippen LogP contribution in [-0.4, -0.2) is 67.6 Å². The molecule has 8 nitrogen and oxygen atoms in total. The van der Waals surface area contributed by atoms with Gasteiger partial charge in [0.1, 0.15) is 12.2 Å². The lowest BCUT2D eigenvalue weighted by molar-refractivity contribution is 0.0172. The monoisotopic (exact) mass is 302 g/mol. The van der Waals surface area contributed by atoms with Crippen molar-refractivity contribution in [3.8, 4) is 5.88 Å². The first-order valence-corrected chi connectivity index (χ1v) is 6.62. The molecule has 0 saturated heterocycles. The molecule has 1 heterocycles. The van der Waals surface area contributed by atoms with Crippen LogP contribution in [0.1, 0.15) is 16.1 Å². The molecule has 120 valence electrons. The van der Waals surface area contributed by atoms with Crippen LogP contribution in [0.4, 0.5) is 0 Å². The zero-order valence-electron chi connectivity index (χ0n) is 12.6. The Morgan fingerprint density at radius 3 is 2.29 bits per heavy atom. The molecule has 8 heteroatoms. The van der Waals surface area contributed by atoms with Gasteiger partial charge in [-0.2, -0.15) is 5.10 Å². The quantitative estimate of drug-likeness (QED) is 0.594. The molecule has 0 aliphatic heterocycles. The summed E-state index contributed by atoms with van der Waals surface area (Å²) in [6.07, 6.45) is 0. The third-order valence-electron chi connectivity index (χ3n) is 2.65. The Labute approximate surface area is 123 Å². The van der Waals surface area contributed by atoms with E-state index in [1.807, 2.05) is 0 Å². The average Bonchev–Trinajstić information content (AvgIpc) is 2.71. The number of hydrogen-bond donors (Lipinski definition) is 1. The highest BCUT2D eigenvalue weighted by atomic mass is 16.6. The van der Waals surface area contributed by atoms with E-state index in [0.29, 0.717) is 38.7 Å². The zero-order valence-corrected chi connectivity index (χ0v) is 12.6. The highest BCUT2D eigenvalue weighted by Crippen LogP contribution is 2.20. The van der Waals surface area contributed by atoms with Gasteiger partial charge in [0.2, 0.25) is 5.88 Å². The molecule has 1 aromatic heterocycles. The number of rotatable bonds is 11. The fraction of sp³-hybridized carbons (Fsp3) is 0.692. The van der Waals surface area contributed by atoms with E-state index in [-0.39, 0.29) is 18.1 Å². The summed E-state index contributed by atoms with van der Waals surface area (Å²) in [5.74, 6) is -0.817. The summed E-state index contributed by atoms with van der Waals surface area (Å²) >= 11 is 0. The molecule has 0 aliphatic carbocycles. The lowest BCUT2D eigenvalue weighted by Gasteiger charge is -2.08. The Hall–Kier alpha value is -1.64. The van der Waals surface area contributed by atoms with E-state index in [1.165, 1.54) is 4.68 Å². The molecule has 0 fully saturated rings. The minimum Gasteiger partial charge on any atom is -0.477 e. The molecule has 0 aromatic carbocycles. The van der Waals surface area contributed by atoms with Gasteiger partial charge in [-0.05, 0) is 6.92 Å². The van der Waals surface area contributed by atoms with Gasteiger partial charge in [0.15, 0.2) is 0 Å². The molecule has 0 amide bonds. The first-order chi connectivity index (χ1) is 10.1. The number of carboxylic acids is 1. The van der Waals surface area contributed by atoms with Gasteiger partial charge < -0.3 is 24.1 Å². The minimum atomic E-state index is -1.05. The minimum absolute atomic E-state index is 0.0837. The number of methoxy groups -OCH3 is 1. The predicted molar refractivity (Wildman–Crippen MR) is 73.9 cm³/mol. The first-order valence-electron chi connectivity index (χ1n) is 6.62. The number of aromatic carboxylic acids is 1. The normalized spacial score (nSPS) is 10.8. The van der Waals surface area contributed by atoms with Gasteiger partial charge in [0.05, 0.1) is 38.7 Å². The second-order valence-electron chi connectivity index (χ2n) is 4.26. The summed E-state index contributed by atoms with van der Waals surface area (Å²) in [6, 6.07) is 0. The van der Waals surface area contributed by atoms with Crippen molar-refractivity contribution in [1.29, 1.82) is 0 Å². The number of aryl methyl sites for hydroxylation is 2. The van der Waals surface area contributed by atoms with Gasteiger partial charge in [-0.3, -0.25) is 0 Å². The van der Waals surface area contributed by atoms with E-state index in [9.17, 15) is 4.79 Å². The van der Waals surface area contributed by atoms with Gasteiger partial charge in [0, 0.05) is 14.2 Å². The Balaban J connectivity index is 2.23. The predicted octanol–water partition coefficient (Wildman–Crippen LogP) is 0.485. The SMILES string of the molecule is COCCOCCOCCOc1c(C(=O)O)c(C)nn1C. The standard InChI is InChI=1S/C13H22N2O6/c1-10-11(13(16)17)12(15(2)14-10)21-9-8-20-7-6-19-5-4-18-3/h4-9H2,1-3H3,(H,16,17). The molecule has 0 spiro atoms. The fourth-order valence-electron chi connectivity index (χ4n) is 1.71. The van der Waals surface area contributed by atoms with Crippen molar-refractivity contribution in [1.82, 2.24) is 9.78 Å².